The van der Waals surface area contributed by atoms with E-state index < -0.39 is 5.54 Å². The zero-order valence-electron chi connectivity index (χ0n) is 21.7. The number of nitrogens with zero attached hydrogens (tertiary/aromatic N) is 3. The number of unbranched alkanes of at least 4 members (excludes halogenated alkanes) is 1. The number of fused-ring (bicyclic) bond motifs is 2. The molecule has 1 aliphatic heterocycles. The van der Waals surface area contributed by atoms with E-state index in [1.54, 1.807) is 11.0 Å². The molecular weight excluding hydrogens is 468 g/mol. The molecule has 3 N–H and O–H groups in total. The minimum atomic E-state index is -1.06. The van der Waals surface area contributed by atoms with E-state index in [1.807, 2.05) is 31.3 Å². The number of carbonyl (C=O) groups is 3. The minimum Gasteiger partial charge on any atom is -0.361 e. The van der Waals surface area contributed by atoms with Gasteiger partial charge in [-0.1, -0.05) is 44.4 Å². The van der Waals surface area contributed by atoms with Gasteiger partial charge in [0.15, 0.2) is 5.69 Å². The highest BCUT2D eigenvalue weighted by atomic mass is 16.2. The van der Waals surface area contributed by atoms with Crippen LogP contribution in [0.15, 0.2) is 36.5 Å². The molecule has 196 valence electrons. The van der Waals surface area contributed by atoms with Gasteiger partial charge in [0.2, 0.25) is 5.91 Å². The summed E-state index contributed by atoms with van der Waals surface area (Å²) in [6.45, 7) is 5.03. The smallest absolute Gasteiger partial charge is 0.273 e. The van der Waals surface area contributed by atoms with Gasteiger partial charge in [-0.05, 0) is 44.2 Å². The maximum absolute atomic E-state index is 13.6. The van der Waals surface area contributed by atoms with Crippen LogP contribution in [0.4, 0.5) is 0 Å². The fraction of sp³-hybridized carbons (Fsp3) is 0.500. The number of hydrogen-bond donors (Lipinski definition) is 3. The number of carbonyl (C=O) groups excluding carboxylic acids is 3. The van der Waals surface area contributed by atoms with Gasteiger partial charge in [-0.3, -0.25) is 19.1 Å². The third-order valence-electron chi connectivity index (χ3n) is 7.80. The second-order valence-electron chi connectivity index (χ2n) is 10.5. The standard InChI is InChI=1S/C28H36N6O3/c1-3-4-15-33-26(36)24-16-23(25(35)29-14-13-19-17-30-22-12-8-7-11-21(19)22)32-34(24)18-28(33,2)27(37)31-20-9-5-6-10-20/h7-8,11-12,16-17,20,30H,3-6,9-10,13-15,18H2,1-2H3,(H,29,35)(H,31,37)/t28-/m1/s1. The molecule has 1 saturated carbocycles. The first-order valence-electron chi connectivity index (χ1n) is 13.4. The topological polar surface area (TPSA) is 112 Å². The Kier molecular flexibility index (Phi) is 7.04. The van der Waals surface area contributed by atoms with E-state index in [2.05, 4.69) is 33.7 Å². The molecule has 0 spiro atoms. The molecule has 0 bridgehead atoms. The van der Waals surface area contributed by atoms with E-state index >= 15 is 0 Å². The van der Waals surface area contributed by atoms with E-state index in [4.69, 9.17) is 0 Å². The fourth-order valence-corrected chi connectivity index (χ4v) is 5.57. The summed E-state index contributed by atoms with van der Waals surface area (Å²) < 4.78 is 1.54. The Morgan fingerprint density at radius 1 is 1.22 bits per heavy atom. The Morgan fingerprint density at radius 3 is 2.78 bits per heavy atom. The van der Waals surface area contributed by atoms with Crippen LogP contribution >= 0.6 is 0 Å². The van der Waals surface area contributed by atoms with E-state index in [0.717, 1.165) is 55.0 Å². The predicted molar refractivity (Wildman–Crippen MR) is 141 cm³/mol. The van der Waals surface area contributed by atoms with Crippen LogP contribution in [-0.4, -0.2) is 62.1 Å². The highest BCUT2D eigenvalue weighted by Gasteiger charge is 2.48. The number of hydrogen-bond acceptors (Lipinski definition) is 4. The monoisotopic (exact) mass is 504 g/mol. The zero-order valence-corrected chi connectivity index (χ0v) is 21.7. The van der Waals surface area contributed by atoms with Gasteiger partial charge in [0.1, 0.15) is 11.2 Å². The van der Waals surface area contributed by atoms with E-state index in [0.29, 0.717) is 25.2 Å². The Hall–Kier alpha value is -3.62. The van der Waals surface area contributed by atoms with Crippen LogP contribution in [0.25, 0.3) is 10.9 Å². The lowest BCUT2D eigenvalue weighted by molar-refractivity contribution is -0.133. The first-order chi connectivity index (χ1) is 17.9. The maximum atomic E-state index is 13.6. The summed E-state index contributed by atoms with van der Waals surface area (Å²) in [7, 11) is 0. The lowest BCUT2D eigenvalue weighted by Crippen LogP contribution is -2.65. The van der Waals surface area contributed by atoms with Gasteiger partial charge < -0.3 is 20.5 Å². The molecule has 9 nitrogen and oxygen atoms in total. The third kappa shape index (κ3) is 4.86. The predicted octanol–water partition coefficient (Wildman–Crippen LogP) is 3.41. The number of para-hydroxylation sites is 1. The molecule has 0 saturated heterocycles. The summed E-state index contributed by atoms with van der Waals surface area (Å²) in [6.07, 6.45) is 8.52. The zero-order chi connectivity index (χ0) is 26.0. The minimum absolute atomic E-state index is 0.144. The molecular formula is C28H36N6O3. The molecule has 1 aliphatic carbocycles. The molecule has 0 unspecified atom stereocenters. The summed E-state index contributed by atoms with van der Waals surface area (Å²) in [5, 5.41) is 11.7. The van der Waals surface area contributed by atoms with Gasteiger partial charge in [-0.2, -0.15) is 5.10 Å². The summed E-state index contributed by atoms with van der Waals surface area (Å²) >= 11 is 0. The number of rotatable bonds is 9. The van der Waals surface area contributed by atoms with Crippen molar-refractivity contribution < 1.29 is 14.4 Å². The maximum Gasteiger partial charge on any atom is 0.273 e. The number of aromatic nitrogens is 3. The highest BCUT2D eigenvalue weighted by molar-refractivity contribution is 6.02. The van der Waals surface area contributed by atoms with Gasteiger partial charge in [-0.15, -0.1) is 0 Å². The van der Waals surface area contributed by atoms with E-state index in [-0.39, 0.29) is 36.0 Å². The highest BCUT2D eigenvalue weighted by Crippen LogP contribution is 2.29. The van der Waals surface area contributed by atoms with Crippen molar-refractivity contribution in [2.45, 2.75) is 76.9 Å². The second kappa shape index (κ2) is 10.4. The summed E-state index contributed by atoms with van der Waals surface area (Å²) in [5.74, 6) is -0.726. The SMILES string of the molecule is CCCCN1C(=O)c2cc(C(=O)NCCc3c[nH]c4ccccc34)nn2C[C@]1(C)C(=O)NC1CCCC1. The lowest BCUT2D eigenvalue weighted by Gasteiger charge is -2.43. The Balaban J connectivity index is 1.30. The number of H-pyrrole nitrogens is 1. The Bertz CT molecular complexity index is 1300. The van der Waals surface area contributed by atoms with Crippen LogP contribution in [0.2, 0.25) is 0 Å². The van der Waals surface area contributed by atoms with E-state index in [9.17, 15) is 14.4 Å². The van der Waals surface area contributed by atoms with Gasteiger partial charge in [-0.25, -0.2) is 0 Å². The summed E-state index contributed by atoms with van der Waals surface area (Å²) in [6, 6.07) is 9.77. The number of aromatic amines is 1. The van der Waals surface area contributed by atoms with Gasteiger partial charge in [0.25, 0.3) is 11.8 Å². The molecule has 3 heterocycles. The largest absolute Gasteiger partial charge is 0.361 e. The Labute approximate surface area is 217 Å². The van der Waals surface area contributed by atoms with Crippen LogP contribution in [0.1, 0.15) is 78.9 Å². The molecule has 2 aliphatic rings. The molecule has 1 aromatic carbocycles. The first kappa shape index (κ1) is 25.0. The van der Waals surface area contributed by atoms with Crippen molar-refractivity contribution in [2.75, 3.05) is 13.1 Å². The van der Waals surface area contributed by atoms with Crippen molar-refractivity contribution in [1.82, 2.24) is 30.3 Å². The van der Waals surface area contributed by atoms with Crippen LogP contribution in [-0.2, 0) is 17.8 Å². The summed E-state index contributed by atoms with van der Waals surface area (Å²) in [4.78, 5) is 44.9. The van der Waals surface area contributed by atoms with Crippen molar-refractivity contribution >= 4 is 28.6 Å². The van der Waals surface area contributed by atoms with Crippen molar-refractivity contribution in [3.05, 3.63) is 53.5 Å². The van der Waals surface area contributed by atoms with Crippen LogP contribution in [0.3, 0.4) is 0 Å². The van der Waals surface area contributed by atoms with Crippen LogP contribution in [0.5, 0.6) is 0 Å². The molecule has 37 heavy (non-hydrogen) atoms. The average molecular weight is 505 g/mol. The van der Waals surface area contributed by atoms with Crippen LogP contribution < -0.4 is 10.6 Å². The lowest BCUT2D eigenvalue weighted by atomic mass is 9.94. The van der Waals surface area contributed by atoms with Gasteiger partial charge in [0.05, 0.1) is 6.54 Å². The number of benzene rings is 1. The van der Waals surface area contributed by atoms with Gasteiger partial charge >= 0.3 is 0 Å². The van der Waals surface area contributed by atoms with Crippen LogP contribution in [0, 0.1) is 0 Å². The average Bonchev–Trinajstić information content (AvgIpc) is 3.64. The molecule has 9 heteroatoms. The Morgan fingerprint density at radius 2 is 2.00 bits per heavy atom. The first-order valence-corrected chi connectivity index (χ1v) is 13.4. The van der Waals surface area contributed by atoms with Crippen molar-refractivity contribution in [3.63, 3.8) is 0 Å². The molecule has 2 aromatic heterocycles. The van der Waals surface area contributed by atoms with Crippen molar-refractivity contribution in [2.24, 2.45) is 0 Å². The molecule has 3 aromatic rings. The van der Waals surface area contributed by atoms with E-state index in [1.165, 1.54) is 4.68 Å². The second-order valence-corrected chi connectivity index (χ2v) is 10.5. The number of amides is 3. The molecule has 1 fully saturated rings. The molecule has 0 radical (unpaired) electrons. The number of nitrogens with one attached hydrogen (secondary N) is 3. The van der Waals surface area contributed by atoms with Crippen molar-refractivity contribution in [1.29, 1.82) is 0 Å². The molecule has 1 atom stereocenters. The third-order valence-corrected chi connectivity index (χ3v) is 7.80. The summed E-state index contributed by atoms with van der Waals surface area (Å²) in [5.41, 5.74) is 1.68. The molecule has 5 rings (SSSR count). The quantitative estimate of drug-likeness (QED) is 0.415. The normalized spacial score (nSPS) is 19.8. The fourth-order valence-electron chi connectivity index (χ4n) is 5.57. The van der Waals surface area contributed by atoms with Crippen molar-refractivity contribution in [3.8, 4) is 0 Å². The molecule has 3 amide bonds. The van der Waals surface area contributed by atoms with Gasteiger partial charge in [0, 0.05) is 42.3 Å².